The summed E-state index contributed by atoms with van der Waals surface area (Å²) in [6.45, 7) is 7.81. The van der Waals surface area contributed by atoms with Gasteiger partial charge in [0.05, 0.1) is 17.4 Å². The maximum absolute atomic E-state index is 12.2. The SMILES string of the molecule is CCCN(CC)C(C)C(=O)Nc1ccc(Cl)cc1N. The molecule has 0 radical (unpaired) electrons. The molecule has 0 bridgehead atoms. The van der Waals surface area contributed by atoms with Gasteiger partial charge < -0.3 is 11.1 Å². The molecule has 1 amide bonds. The van der Waals surface area contributed by atoms with Crippen LogP contribution >= 0.6 is 11.6 Å². The van der Waals surface area contributed by atoms with Gasteiger partial charge in [0, 0.05) is 5.02 Å². The van der Waals surface area contributed by atoms with Crippen molar-refractivity contribution in [3.63, 3.8) is 0 Å². The largest absolute Gasteiger partial charge is 0.397 e. The first-order valence-corrected chi connectivity index (χ1v) is 6.97. The maximum atomic E-state index is 12.2. The third kappa shape index (κ3) is 4.40. The van der Waals surface area contributed by atoms with Crippen LogP contribution < -0.4 is 11.1 Å². The number of nitrogens with two attached hydrogens (primary N) is 1. The Labute approximate surface area is 119 Å². The molecule has 19 heavy (non-hydrogen) atoms. The first-order chi connectivity index (χ1) is 8.99. The Bertz CT molecular complexity index is 437. The molecule has 1 aromatic rings. The lowest BCUT2D eigenvalue weighted by molar-refractivity contribution is -0.120. The number of hydrogen-bond donors (Lipinski definition) is 2. The van der Waals surface area contributed by atoms with E-state index in [0.29, 0.717) is 16.4 Å². The molecule has 5 heteroatoms. The van der Waals surface area contributed by atoms with Crippen LogP contribution in [-0.2, 0) is 4.79 Å². The van der Waals surface area contributed by atoms with E-state index in [-0.39, 0.29) is 11.9 Å². The fourth-order valence-electron chi connectivity index (χ4n) is 1.96. The third-order valence-electron chi connectivity index (χ3n) is 3.12. The van der Waals surface area contributed by atoms with Gasteiger partial charge >= 0.3 is 0 Å². The number of halogens is 1. The molecule has 0 fully saturated rings. The molecule has 4 nitrogen and oxygen atoms in total. The number of hydrogen-bond acceptors (Lipinski definition) is 3. The van der Waals surface area contributed by atoms with Gasteiger partial charge in [0.1, 0.15) is 0 Å². The van der Waals surface area contributed by atoms with Crippen molar-refractivity contribution in [3.05, 3.63) is 23.2 Å². The fraction of sp³-hybridized carbons (Fsp3) is 0.500. The van der Waals surface area contributed by atoms with E-state index in [1.54, 1.807) is 18.2 Å². The molecule has 1 atom stereocenters. The number of likely N-dealkylation sites (N-methyl/N-ethyl adjacent to an activating group) is 1. The van der Waals surface area contributed by atoms with Crippen molar-refractivity contribution in [1.29, 1.82) is 0 Å². The lowest BCUT2D eigenvalue weighted by Gasteiger charge is -2.26. The van der Waals surface area contributed by atoms with Crippen LogP contribution in [0.15, 0.2) is 18.2 Å². The summed E-state index contributed by atoms with van der Waals surface area (Å²) in [5.74, 6) is -0.0516. The molecule has 0 heterocycles. The number of carbonyl (C=O) groups is 1. The van der Waals surface area contributed by atoms with E-state index in [2.05, 4.69) is 24.1 Å². The zero-order valence-corrected chi connectivity index (χ0v) is 12.5. The number of nitrogens with zero attached hydrogens (tertiary/aromatic N) is 1. The molecule has 1 unspecified atom stereocenters. The zero-order chi connectivity index (χ0) is 14.4. The smallest absolute Gasteiger partial charge is 0.241 e. The van der Waals surface area contributed by atoms with E-state index in [9.17, 15) is 4.79 Å². The van der Waals surface area contributed by atoms with Gasteiger partial charge in [-0.15, -0.1) is 0 Å². The predicted octanol–water partition coefficient (Wildman–Crippen LogP) is 2.98. The van der Waals surface area contributed by atoms with Gasteiger partial charge in [-0.1, -0.05) is 25.4 Å². The van der Waals surface area contributed by atoms with Crippen LogP contribution in [0.5, 0.6) is 0 Å². The topological polar surface area (TPSA) is 58.4 Å². The van der Waals surface area contributed by atoms with Gasteiger partial charge in [-0.2, -0.15) is 0 Å². The van der Waals surface area contributed by atoms with Crippen molar-refractivity contribution in [2.75, 3.05) is 24.1 Å². The molecule has 0 aliphatic heterocycles. The van der Waals surface area contributed by atoms with Gasteiger partial charge in [0.15, 0.2) is 0 Å². The van der Waals surface area contributed by atoms with E-state index < -0.39 is 0 Å². The number of nitrogen functional groups attached to an aromatic ring is 1. The lowest BCUT2D eigenvalue weighted by Crippen LogP contribution is -2.42. The molecule has 0 aliphatic carbocycles. The summed E-state index contributed by atoms with van der Waals surface area (Å²) >= 11 is 5.83. The summed E-state index contributed by atoms with van der Waals surface area (Å²) in [6.07, 6.45) is 1.02. The van der Waals surface area contributed by atoms with Gasteiger partial charge in [-0.3, -0.25) is 9.69 Å². The van der Waals surface area contributed by atoms with E-state index in [1.807, 2.05) is 6.92 Å². The molecule has 3 N–H and O–H groups in total. The van der Waals surface area contributed by atoms with Crippen molar-refractivity contribution >= 4 is 28.9 Å². The van der Waals surface area contributed by atoms with Crippen molar-refractivity contribution in [1.82, 2.24) is 4.90 Å². The predicted molar refractivity (Wildman–Crippen MR) is 81.5 cm³/mol. The molecule has 0 saturated carbocycles. The average molecular weight is 284 g/mol. The molecule has 1 aromatic carbocycles. The van der Waals surface area contributed by atoms with E-state index in [4.69, 9.17) is 17.3 Å². The van der Waals surface area contributed by atoms with Crippen molar-refractivity contribution in [2.45, 2.75) is 33.2 Å². The summed E-state index contributed by atoms with van der Waals surface area (Å²) in [4.78, 5) is 14.3. The number of anilines is 2. The molecule has 1 rings (SSSR count). The van der Waals surface area contributed by atoms with Crippen LogP contribution in [0.25, 0.3) is 0 Å². The van der Waals surface area contributed by atoms with Gasteiger partial charge in [0.25, 0.3) is 0 Å². The molecular formula is C14H22ClN3O. The second-order valence-corrected chi connectivity index (χ2v) is 4.96. The fourth-order valence-corrected chi connectivity index (χ4v) is 2.14. The van der Waals surface area contributed by atoms with Crippen molar-refractivity contribution < 1.29 is 4.79 Å². The van der Waals surface area contributed by atoms with Gasteiger partial charge in [0.2, 0.25) is 5.91 Å². The summed E-state index contributed by atoms with van der Waals surface area (Å²) in [5, 5.41) is 3.41. The minimum atomic E-state index is -0.181. The molecular weight excluding hydrogens is 262 g/mol. The highest BCUT2D eigenvalue weighted by Crippen LogP contribution is 2.23. The minimum Gasteiger partial charge on any atom is -0.397 e. The quantitative estimate of drug-likeness (QED) is 0.789. The van der Waals surface area contributed by atoms with Crippen LogP contribution in [0.2, 0.25) is 5.02 Å². The first kappa shape index (κ1) is 15.8. The summed E-state index contributed by atoms with van der Waals surface area (Å²) in [7, 11) is 0. The maximum Gasteiger partial charge on any atom is 0.241 e. The van der Waals surface area contributed by atoms with E-state index in [1.165, 1.54) is 0 Å². The summed E-state index contributed by atoms with van der Waals surface area (Å²) < 4.78 is 0. The highest BCUT2D eigenvalue weighted by Gasteiger charge is 2.19. The second-order valence-electron chi connectivity index (χ2n) is 4.53. The van der Waals surface area contributed by atoms with Crippen molar-refractivity contribution in [2.24, 2.45) is 0 Å². The first-order valence-electron chi connectivity index (χ1n) is 6.59. The molecule has 0 aromatic heterocycles. The standard InChI is InChI=1S/C14H22ClN3O/c1-4-8-18(5-2)10(3)14(19)17-13-7-6-11(15)9-12(13)16/h6-7,9-10H,4-5,8,16H2,1-3H3,(H,17,19). The van der Waals surface area contributed by atoms with E-state index in [0.717, 1.165) is 19.5 Å². The molecule has 106 valence electrons. The minimum absolute atomic E-state index is 0.0516. The Kier molecular flexibility index (Phi) is 6.12. The monoisotopic (exact) mass is 283 g/mol. The Hall–Kier alpha value is -1.26. The van der Waals surface area contributed by atoms with Gasteiger partial charge in [-0.25, -0.2) is 0 Å². The second kappa shape index (κ2) is 7.36. The van der Waals surface area contributed by atoms with Crippen LogP contribution in [0.3, 0.4) is 0 Å². The van der Waals surface area contributed by atoms with Gasteiger partial charge in [-0.05, 0) is 44.6 Å². The lowest BCUT2D eigenvalue weighted by atomic mass is 10.2. The Morgan fingerprint density at radius 3 is 2.68 bits per heavy atom. The Morgan fingerprint density at radius 1 is 1.47 bits per heavy atom. The molecule has 0 spiro atoms. The summed E-state index contributed by atoms with van der Waals surface area (Å²) in [5.41, 5.74) is 6.91. The van der Waals surface area contributed by atoms with Crippen LogP contribution in [0.4, 0.5) is 11.4 Å². The molecule has 0 saturated heterocycles. The number of rotatable bonds is 6. The van der Waals surface area contributed by atoms with Crippen LogP contribution in [0, 0.1) is 0 Å². The van der Waals surface area contributed by atoms with Crippen molar-refractivity contribution in [3.8, 4) is 0 Å². The normalized spacial score (nSPS) is 12.5. The van der Waals surface area contributed by atoms with Crippen LogP contribution in [-0.4, -0.2) is 29.9 Å². The number of carbonyl (C=O) groups excluding carboxylic acids is 1. The zero-order valence-electron chi connectivity index (χ0n) is 11.7. The number of nitrogens with one attached hydrogen (secondary N) is 1. The number of benzene rings is 1. The third-order valence-corrected chi connectivity index (χ3v) is 3.35. The highest BCUT2D eigenvalue weighted by atomic mass is 35.5. The Morgan fingerprint density at radius 2 is 2.16 bits per heavy atom. The number of amides is 1. The summed E-state index contributed by atoms with van der Waals surface area (Å²) in [6, 6.07) is 4.88. The van der Waals surface area contributed by atoms with Crippen LogP contribution in [0.1, 0.15) is 27.2 Å². The Balaban J connectivity index is 2.72. The highest BCUT2D eigenvalue weighted by molar-refractivity contribution is 6.31. The van der Waals surface area contributed by atoms with E-state index >= 15 is 0 Å². The molecule has 0 aliphatic rings. The average Bonchev–Trinajstić information content (AvgIpc) is 2.38.